The molecule has 1 aromatic heterocycles. The number of nitro groups is 1. The first-order chi connectivity index (χ1) is 10.0. The van der Waals surface area contributed by atoms with Crippen molar-refractivity contribution in [1.82, 2.24) is 9.97 Å². The fourth-order valence-electron chi connectivity index (χ4n) is 1.67. The molecule has 9 nitrogen and oxygen atoms in total. The lowest BCUT2D eigenvalue weighted by molar-refractivity contribution is -0.384. The van der Waals surface area contributed by atoms with Crippen molar-refractivity contribution in [2.75, 3.05) is 25.3 Å². The Hall–Kier alpha value is -3.10. The molecular weight excluding hydrogens is 278 g/mol. The van der Waals surface area contributed by atoms with Crippen LogP contribution in [-0.4, -0.2) is 29.1 Å². The standard InChI is InChI=1S/C12H13N5O4/c1-20-9-4-3-7(5-10(9)21-2)15-11-8(17(18)19)6-14-12(13)16-11/h3-6H,1-2H3,(H3,13,14,15,16). The van der Waals surface area contributed by atoms with Gasteiger partial charge in [0, 0.05) is 11.8 Å². The van der Waals surface area contributed by atoms with Crippen molar-refractivity contribution < 1.29 is 14.4 Å². The normalized spacial score (nSPS) is 10.0. The Morgan fingerprint density at radius 2 is 2.00 bits per heavy atom. The fourth-order valence-corrected chi connectivity index (χ4v) is 1.67. The summed E-state index contributed by atoms with van der Waals surface area (Å²) in [5.74, 6) is 0.954. The minimum Gasteiger partial charge on any atom is -0.493 e. The summed E-state index contributed by atoms with van der Waals surface area (Å²) in [6, 6.07) is 4.96. The number of hydrogen-bond acceptors (Lipinski definition) is 8. The summed E-state index contributed by atoms with van der Waals surface area (Å²) in [5, 5.41) is 13.8. The molecule has 0 saturated heterocycles. The summed E-state index contributed by atoms with van der Waals surface area (Å²) >= 11 is 0. The van der Waals surface area contributed by atoms with Crippen molar-refractivity contribution >= 4 is 23.1 Å². The van der Waals surface area contributed by atoms with Crippen LogP contribution in [0.1, 0.15) is 0 Å². The Balaban J connectivity index is 2.38. The van der Waals surface area contributed by atoms with Crippen molar-refractivity contribution in [3.63, 3.8) is 0 Å². The van der Waals surface area contributed by atoms with E-state index in [4.69, 9.17) is 15.2 Å². The number of methoxy groups -OCH3 is 2. The van der Waals surface area contributed by atoms with Gasteiger partial charge in [0.25, 0.3) is 0 Å². The van der Waals surface area contributed by atoms with Gasteiger partial charge < -0.3 is 20.5 Å². The van der Waals surface area contributed by atoms with E-state index in [2.05, 4.69) is 15.3 Å². The number of aromatic nitrogens is 2. The lowest BCUT2D eigenvalue weighted by atomic mass is 10.2. The Bertz CT molecular complexity index is 677. The lowest BCUT2D eigenvalue weighted by Crippen LogP contribution is -2.04. The van der Waals surface area contributed by atoms with E-state index in [9.17, 15) is 10.1 Å². The molecule has 0 aliphatic heterocycles. The molecule has 0 amide bonds. The molecule has 1 aromatic carbocycles. The molecule has 0 aliphatic rings. The summed E-state index contributed by atoms with van der Waals surface area (Å²) in [6.07, 6.45) is 1.05. The predicted octanol–water partition coefficient (Wildman–Crippen LogP) is 1.73. The van der Waals surface area contributed by atoms with Crippen LogP contribution in [0.3, 0.4) is 0 Å². The summed E-state index contributed by atoms with van der Waals surface area (Å²) in [6.45, 7) is 0. The number of nitrogens with two attached hydrogens (primary N) is 1. The van der Waals surface area contributed by atoms with E-state index in [1.165, 1.54) is 14.2 Å². The summed E-state index contributed by atoms with van der Waals surface area (Å²) in [5.41, 5.74) is 5.71. The maximum Gasteiger partial charge on any atom is 0.329 e. The summed E-state index contributed by atoms with van der Waals surface area (Å²) in [7, 11) is 3.01. The van der Waals surface area contributed by atoms with Crippen LogP contribution in [0.25, 0.3) is 0 Å². The van der Waals surface area contributed by atoms with Gasteiger partial charge in [-0.3, -0.25) is 10.1 Å². The molecule has 1 heterocycles. The number of benzene rings is 1. The minimum atomic E-state index is -0.595. The molecule has 0 unspecified atom stereocenters. The van der Waals surface area contributed by atoms with Crippen molar-refractivity contribution in [3.8, 4) is 11.5 Å². The van der Waals surface area contributed by atoms with E-state index in [0.29, 0.717) is 17.2 Å². The van der Waals surface area contributed by atoms with Crippen molar-refractivity contribution in [1.29, 1.82) is 0 Å². The van der Waals surface area contributed by atoms with Crippen molar-refractivity contribution in [2.24, 2.45) is 0 Å². The van der Waals surface area contributed by atoms with E-state index >= 15 is 0 Å². The van der Waals surface area contributed by atoms with Crippen LogP contribution in [0, 0.1) is 10.1 Å². The van der Waals surface area contributed by atoms with Crippen molar-refractivity contribution in [3.05, 3.63) is 34.5 Å². The maximum atomic E-state index is 10.9. The Labute approximate surface area is 119 Å². The van der Waals surface area contributed by atoms with E-state index in [-0.39, 0.29) is 17.5 Å². The first-order valence-electron chi connectivity index (χ1n) is 5.81. The van der Waals surface area contributed by atoms with Crippen LogP contribution in [0.4, 0.5) is 23.1 Å². The average molecular weight is 291 g/mol. The van der Waals surface area contributed by atoms with Crippen LogP contribution in [0.15, 0.2) is 24.4 Å². The average Bonchev–Trinajstić information content (AvgIpc) is 2.46. The second-order valence-electron chi connectivity index (χ2n) is 3.91. The third-order valence-corrected chi connectivity index (χ3v) is 2.63. The minimum absolute atomic E-state index is 0.000259. The number of nitrogen functional groups attached to an aromatic ring is 1. The van der Waals surface area contributed by atoms with Gasteiger partial charge >= 0.3 is 5.69 Å². The molecule has 0 saturated carbocycles. The molecule has 3 N–H and O–H groups in total. The Morgan fingerprint density at radius 3 is 2.62 bits per heavy atom. The monoisotopic (exact) mass is 291 g/mol. The van der Waals surface area contributed by atoms with Crippen LogP contribution in [-0.2, 0) is 0 Å². The molecule has 0 spiro atoms. The molecule has 0 aliphatic carbocycles. The predicted molar refractivity (Wildman–Crippen MR) is 75.9 cm³/mol. The number of ether oxygens (including phenoxy) is 2. The zero-order chi connectivity index (χ0) is 15.4. The second-order valence-corrected chi connectivity index (χ2v) is 3.91. The van der Waals surface area contributed by atoms with Gasteiger partial charge in [0.1, 0.15) is 6.20 Å². The quantitative estimate of drug-likeness (QED) is 0.630. The summed E-state index contributed by atoms with van der Waals surface area (Å²) in [4.78, 5) is 17.8. The van der Waals surface area contributed by atoms with E-state index in [1.54, 1.807) is 18.2 Å². The number of nitrogens with zero attached hydrogens (tertiary/aromatic N) is 3. The van der Waals surface area contributed by atoms with Gasteiger partial charge in [-0.25, -0.2) is 4.98 Å². The van der Waals surface area contributed by atoms with Gasteiger partial charge in [0.2, 0.25) is 11.8 Å². The molecule has 0 atom stereocenters. The van der Waals surface area contributed by atoms with Gasteiger partial charge in [-0.15, -0.1) is 0 Å². The highest BCUT2D eigenvalue weighted by molar-refractivity contribution is 5.67. The molecule has 2 aromatic rings. The SMILES string of the molecule is COc1ccc(Nc2nc(N)ncc2[N+](=O)[O-])cc1OC. The van der Waals surface area contributed by atoms with E-state index < -0.39 is 4.92 Å². The smallest absolute Gasteiger partial charge is 0.329 e. The van der Waals surface area contributed by atoms with Gasteiger partial charge in [0.05, 0.1) is 19.1 Å². The highest BCUT2D eigenvalue weighted by atomic mass is 16.6. The van der Waals surface area contributed by atoms with Gasteiger partial charge in [0.15, 0.2) is 11.5 Å². The molecule has 0 radical (unpaired) electrons. The molecular formula is C12H13N5O4. The zero-order valence-corrected chi connectivity index (χ0v) is 11.4. The van der Waals surface area contributed by atoms with E-state index in [0.717, 1.165) is 6.20 Å². The molecule has 110 valence electrons. The third-order valence-electron chi connectivity index (χ3n) is 2.63. The molecule has 2 rings (SSSR count). The van der Waals surface area contributed by atoms with Crippen LogP contribution in [0.2, 0.25) is 0 Å². The van der Waals surface area contributed by atoms with Crippen LogP contribution >= 0.6 is 0 Å². The first-order valence-corrected chi connectivity index (χ1v) is 5.81. The lowest BCUT2D eigenvalue weighted by Gasteiger charge is -2.11. The second kappa shape index (κ2) is 5.90. The highest BCUT2D eigenvalue weighted by Crippen LogP contribution is 2.32. The first kappa shape index (κ1) is 14.3. The Kier molecular flexibility index (Phi) is 4.02. The van der Waals surface area contributed by atoms with Gasteiger partial charge in [-0.05, 0) is 12.1 Å². The van der Waals surface area contributed by atoms with Crippen LogP contribution in [0.5, 0.6) is 11.5 Å². The molecule has 21 heavy (non-hydrogen) atoms. The van der Waals surface area contributed by atoms with Gasteiger partial charge in [-0.1, -0.05) is 0 Å². The maximum absolute atomic E-state index is 10.9. The molecule has 0 fully saturated rings. The Morgan fingerprint density at radius 1 is 1.29 bits per heavy atom. The number of hydrogen-bond donors (Lipinski definition) is 2. The summed E-state index contributed by atoms with van der Waals surface area (Å²) < 4.78 is 10.3. The fraction of sp³-hybridized carbons (Fsp3) is 0.167. The zero-order valence-electron chi connectivity index (χ0n) is 11.4. The van der Waals surface area contributed by atoms with Crippen LogP contribution < -0.4 is 20.5 Å². The topological polar surface area (TPSA) is 125 Å². The third kappa shape index (κ3) is 3.08. The van der Waals surface area contributed by atoms with Crippen molar-refractivity contribution in [2.45, 2.75) is 0 Å². The molecule has 0 bridgehead atoms. The van der Waals surface area contributed by atoms with E-state index in [1.807, 2.05) is 0 Å². The largest absolute Gasteiger partial charge is 0.493 e. The number of nitrogens with one attached hydrogen (secondary N) is 1. The van der Waals surface area contributed by atoms with Gasteiger partial charge in [-0.2, -0.15) is 4.98 Å². The highest BCUT2D eigenvalue weighted by Gasteiger charge is 2.17. The molecule has 9 heteroatoms. The number of anilines is 3. The number of rotatable bonds is 5.